The normalized spacial score (nSPS) is 16.5. The molecule has 0 saturated heterocycles. The van der Waals surface area contributed by atoms with Gasteiger partial charge in [-0.3, -0.25) is 9.59 Å². The Morgan fingerprint density at radius 1 is 1.33 bits per heavy atom. The van der Waals surface area contributed by atoms with Crippen molar-refractivity contribution in [2.45, 2.75) is 32.1 Å². The second kappa shape index (κ2) is 6.51. The van der Waals surface area contributed by atoms with E-state index in [0.717, 1.165) is 6.42 Å². The van der Waals surface area contributed by atoms with E-state index in [-0.39, 0.29) is 17.3 Å². The molecule has 1 heterocycles. The summed E-state index contributed by atoms with van der Waals surface area (Å²) in [7, 11) is 1.66. The number of aromatic hydroxyl groups is 1. The summed E-state index contributed by atoms with van der Waals surface area (Å²) in [5.41, 5.74) is 1.94. The quantitative estimate of drug-likeness (QED) is 0.880. The summed E-state index contributed by atoms with van der Waals surface area (Å²) in [5, 5.41) is 10.8. The highest BCUT2D eigenvalue weighted by atomic mass is 16.5. The van der Waals surface area contributed by atoms with Gasteiger partial charge in [0.1, 0.15) is 5.75 Å². The molecular formula is C19H21NO4. The van der Waals surface area contributed by atoms with Gasteiger partial charge in [0, 0.05) is 18.3 Å². The van der Waals surface area contributed by atoms with Crippen LogP contribution in [0, 0.1) is 0 Å². The minimum Gasteiger partial charge on any atom is -0.507 e. The molecule has 5 nitrogen and oxygen atoms in total. The Balaban J connectivity index is 2.22. The van der Waals surface area contributed by atoms with Gasteiger partial charge in [-0.2, -0.15) is 0 Å². The van der Waals surface area contributed by atoms with E-state index in [1.807, 2.05) is 18.2 Å². The summed E-state index contributed by atoms with van der Waals surface area (Å²) < 4.78 is 6.65. The molecule has 1 aliphatic carbocycles. The van der Waals surface area contributed by atoms with Crippen molar-refractivity contribution in [3.05, 3.63) is 51.9 Å². The van der Waals surface area contributed by atoms with Gasteiger partial charge >= 0.3 is 5.97 Å². The van der Waals surface area contributed by atoms with Crippen LogP contribution in [0.2, 0.25) is 0 Å². The van der Waals surface area contributed by atoms with Gasteiger partial charge in [0.25, 0.3) is 5.56 Å². The molecule has 24 heavy (non-hydrogen) atoms. The molecule has 1 N–H and O–H groups in total. The van der Waals surface area contributed by atoms with Crippen molar-refractivity contribution in [2.75, 3.05) is 6.61 Å². The zero-order valence-corrected chi connectivity index (χ0v) is 13.9. The first-order chi connectivity index (χ1) is 11.6. The van der Waals surface area contributed by atoms with E-state index in [1.54, 1.807) is 26.1 Å². The molecule has 0 fully saturated rings. The van der Waals surface area contributed by atoms with Crippen molar-refractivity contribution in [1.29, 1.82) is 0 Å². The second-order valence-corrected chi connectivity index (χ2v) is 6.01. The number of nitrogens with zero attached hydrogens (tertiary/aromatic N) is 1. The second-order valence-electron chi connectivity index (χ2n) is 6.01. The summed E-state index contributed by atoms with van der Waals surface area (Å²) in [6.45, 7) is 2.06. The van der Waals surface area contributed by atoms with E-state index in [2.05, 4.69) is 0 Å². The van der Waals surface area contributed by atoms with E-state index >= 15 is 0 Å². The molecule has 2 aromatic rings. The number of esters is 1. The summed E-state index contributed by atoms with van der Waals surface area (Å²) in [6, 6.07) is 9.12. The van der Waals surface area contributed by atoms with Crippen molar-refractivity contribution < 1.29 is 14.6 Å². The van der Waals surface area contributed by atoms with Gasteiger partial charge in [-0.05, 0) is 31.7 Å². The fourth-order valence-corrected chi connectivity index (χ4v) is 3.50. The molecule has 3 rings (SSSR count). The Hall–Kier alpha value is -2.56. The molecule has 1 unspecified atom stereocenters. The molecule has 0 spiro atoms. The Kier molecular flexibility index (Phi) is 4.42. The monoisotopic (exact) mass is 327 g/mol. The zero-order chi connectivity index (χ0) is 17.3. The number of carbonyl (C=O) groups excluding carboxylic acids is 1. The first-order valence-corrected chi connectivity index (χ1v) is 8.23. The maximum Gasteiger partial charge on any atom is 0.314 e. The van der Waals surface area contributed by atoms with Crippen LogP contribution in [0.1, 0.15) is 36.9 Å². The lowest BCUT2D eigenvalue weighted by molar-refractivity contribution is -0.145. The van der Waals surface area contributed by atoms with Crippen LogP contribution in [0.25, 0.3) is 11.1 Å². The SMILES string of the molecule is CCOC(=O)C1CCCc2c(O)c(-c3ccccc3)c(=O)n(C)c21. The van der Waals surface area contributed by atoms with Gasteiger partial charge in [0.2, 0.25) is 0 Å². The van der Waals surface area contributed by atoms with E-state index in [9.17, 15) is 14.7 Å². The van der Waals surface area contributed by atoms with E-state index in [4.69, 9.17) is 4.74 Å². The van der Waals surface area contributed by atoms with Crippen molar-refractivity contribution in [2.24, 2.45) is 7.05 Å². The predicted molar refractivity (Wildman–Crippen MR) is 91.1 cm³/mol. The number of ether oxygens (including phenoxy) is 1. The number of aromatic nitrogens is 1. The van der Waals surface area contributed by atoms with Crippen LogP contribution in [-0.2, 0) is 23.0 Å². The lowest BCUT2D eigenvalue weighted by Crippen LogP contribution is -2.31. The highest BCUT2D eigenvalue weighted by molar-refractivity contribution is 5.80. The van der Waals surface area contributed by atoms with Gasteiger partial charge in [-0.15, -0.1) is 0 Å². The molecule has 1 atom stereocenters. The predicted octanol–water partition coefficient (Wildman–Crippen LogP) is 2.74. The summed E-state index contributed by atoms with van der Waals surface area (Å²) in [5.74, 6) is -0.837. The van der Waals surface area contributed by atoms with E-state index in [1.165, 1.54) is 4.57 Å². The molecule has 0 saturated carbocycles. The molecule has 0 radical (unpaired) electrons. The highest BCUT2D eigenvalue weighted by Crippen LogP contribution is 2.39. The molecule has 0 aliphatic heterocycles. The van der Waals surface area contributed by atoms with Crippen LogP contribution in [0.4, 0.5) is 0 Å². The molecule has 1 aliphatic rings. The Morgan fingerprint density at radius 3 is 2.71 bits per heavy atom. The molecule has 1 aromatic heterocycles. The van der Waals surface area contributed by atoms with Gasteiger partial charge in [0.05, 0.1) is 18.1 Å². The third-order valence-corrected chi connectivity index (χ3v) is 4.59. The maximum atomic E-state index is 12.8. The molecular weight excluding hydrogens is 306 g/mol. The average Bonchev–Trinajstić information content (AvgIpc) is 2.60. The number of benzene rings is 1. The van der Waals surface area contributed by atoms with Gasteiger partial charge < -0.3 is 14.4 Å². The number of rotatable bonds is 3. The minimum atomic E-state index is -0.498. The van der Waals surface area contributed by atoms with Crippen LogP contribution in [0.3, 0.4) is 0 Å². The fourth-order valence-electron chi connectivity index (χ4n) is 3.50. The Labute approximate surface area is 140 Å². The van der Waals surface area contributed by atoms with Crippen LogP contribution >= 0.6 is 0 Å². The molecule has 5 heteroatoms. The van der Waals surface area contributed by atoms with E-state index in [0.29, 0.717) is 41.8 Å². The first-order valence-electron chi connectivity index (χ1n) is 8.23. The number of pyridine rings is 1. The Bertz CT molecular complexity index is 823. The van der Waals surface area contributed by atoms with E-state index < -0.39 is 5.92 Å². The number of hydrogen-bond donors (Lipinski definition) is 1. The summed E-state index contributed by atoms with van der Waals surface area (Å²) in [6.07, 6.45) is 2.05. The summed E-state index contributed by atoms with van der Waals surface area (Å²) in [4.78, 5) is 25.1. The van der Waals surface area contributed by atoms with Crippen molar-refractivity contribution >= 4 is 5.97 Å². The van der Waals surface area contributed by atoms with Crippen molar-refractivity contribution in [3.63, 3.8) is 0 Å². The molecule has 1 aromatic carbocycles. The average molecular weight is 327 g/mol. The van der Waals surface area contributed by atoms with Gasteiger partial charge in [-0.25, -0.2) is 0 Å². The van der Waals surface area contributed by atoms with Crippen molar-refractivity contribution in [1.82, 2.24) is 4.57 Å². The minimum absolute atomic E-state index is 0.00621. The molecule has 0 amide bonds. The Morgan fingerprint density at radius 2 is 2.04 bits per heavy atom. The first kappa shape index (κ1) is 16.3. The third-order valence-electron chi connectivity index (χ3n) is 4.59. The van der Waals surface area contributed by atoms with Crippen LogP contribution < -0.4 is 5.56 Å². The number of hydrogen-bond acceptors (Lipinski definition) is 4. The number of carbonyl (C=O) groups is 1. The number of fused-ring (bicyclic) bond motifs is 1. The topological polar surface area (TPSA) is 68.5 Å². The lowest BCUT2D eigenvalue weighted by atomic mass is 9.84. The van der Waals surface area contributed by atoms with Gasteiger partial charge in [0.15, 0.2) is 0 Å². The largest absolute Gasteiger partial charge is 0.507 e. The molecule has 126 valence electrons. The van der Waals surface area contributed by atoms with Gasteiger partial charge in [-0.1, -0.05) is 30.3 Å². The van der Waals surface area contributed by atoms with Crippen molar-refractivity contribution in [3.8, 4) is 16.9 Å². The zero-order valence-electron chi connectivity index (χ0n) is 13.9. The molecule has 0 bridgehead atoms. The lowest BCUT2D eigenvalue weighted by Gasteiger charge is -2.28. The maximum absolute atomic E-state index is 12.8. The summed E-state index contributed by atoms with van der Waals surface area (Å²) >= 11 is 0. The van der Waals surface area contributed by atoms with Crippen LogP contribution in [0.15, 0.2) is 35.1 Å². The van der Waals surface area contributed by atoms with Crippen LogP contribution in [-0.4, -0.2) is 22.2 Å². The smallest absolute Gasteiger partial charge is 0.314 e. The fraction of sp³-hybridized carbons (Fsp3) is 0.368. The third kappa shape index (κ3) is 2.60. The standard InChI is InChI=1S/C19H21NO4/c1-3-24-19(23)14-11-7-10-13-16(14)20(2)18(22)15(17(13)21)12-8-5-4-6-9-12/h4-6,8-9,14,21H,3,7,10-11H2,1-2H3. The van der Waals surface area contributed by atoms with Crippen LogP contribution in [0.5, 0.6) is 5.75 Å². The highest BCUT2D eigenvalue weighted by Gasteiger charge is 2.33.